The number of aromatic nitrogens is 5. The van der Waals surface area contributed by atoms with Gasteiger partial charge >= 0.3 is 5.97 Å². The number of carbonyl (C=O) groups is 1. The van der Waals surface area contributed by atoms with Crippen LogP contribution in [-0.2, 0) is 17.8 Å². The van der Waals surface area contributed by atoms with Crippen LogP contribution in [0.5, 0.6) is 11.1 Å². The first-order chi connectivity index (χ1) is 21.0. The van der Waals surface area contributed by atoms with Crippen molar-refractivity contribution in [1.29, 1.82) is 0 Å². The van der Waals surface area contributed by atoms with Gasteiger partial charge in [-0.2, -0.15) is 0 Å². The van der Waals surface area contributed by atoms with Gasteiger partial charge in [-0.3, -0.25) is 0 Å². The standard InChI is InChI=1S/C30H26F3N5O5S/c1-30(2)14-42-12-24(30)38-23-9-15(28(39)40)4-6-22(23)34-25(38)10-16-8-20(33)17(11-19(16)32)21-7-5-18(31)27(35-21)43-13-26-36-37-29(41-3)44-26/h4-9,11,24H,10,12-14H2,1-3H3,(H,39,40). The third kappa shape index (κ3) is 5.57. The van der Waals surface area contributed by atoms with E-state index in [1.807, 2.05) is 18.4 Å². The molecule has 44 heavy (non-hydrogen) atoms. The van der Waals surface area contributed by atoms with Gasteiger partial charge in [0.25, 0.3) is 11.1 Å². The van der Waals surface area contributed by atoms with E-state index in [0.717, 1.165) is 29.5 Å². The number of aromatic carboxylic acids is 1. The van der Waals surface area contributed by atoms with E-state index in [-0.39, 0.29) is 46.9 Å². The second kappa shape index (κ2) is 11.5. The minimum Gasteiger partial charge on any atom is -0.478 e. The number of benzene rings is 2. The number of methoxy groups -OCH3 is 1. The molecule has 1 atom stereocenters. The summed E-state index contributed by atoms with van der Waals surface area (Å²) in [6.07, 6.45) is -0.0801. The van der Waals surface area contributed by atoms with Crippen molar-refractivity contribution in [1.82, 2.24) is 24.7 Å². The second-order valence-electron chi connectivity index (χ2n) is 11.0. The maximum atomic E-state index is 15.6. The predicted molar refractivity (Wildman–Crippen MR) is 153 cm³/mol. The summed E-state index contributed by atoms with van der Waals surface area (Å²) in [5, 5.41) is 17.9. The molecule has 228 valence electrons. The number of pyridine rings is 1. The molecule has 3 aromatic heterocycles. The highest BCUT2D eigenvalue weighted by molar-refractivity contribution is 7.13. The zero-order valence-electron chi connectivity index (χ0n) is 23.8. The third-order valence-electron chi connectivity index (χ3n) is 7.50. The van der Waals surface area contributed by atoms with Crippen LogP contribution in [-0.4, -0.2) is 56.1 Å². The van der Waals surface area contributed by atoms with Crippen LogP contribution in [0.15, 0.2) is 42.5 Å². The highest BCUT2D eigenvalue weighted by Crippen LogP contribution is 2.40. The number of rotatable bonds is 9. The average molecular weight is 626 g/mol. The molecule has 0 radical (unpaired) electrons. The van der Waals surface area contributed by atoms with Crippen molar-refractivity contribution in [3.8, 4) is 22.3 Å². The Kier molecular flexibility index (Phi) is 7.72. The van der Waals surface area contributed by atoms with Crippen LogP contribution in [0.4, 0.5) is 13.2 Å². The number of carboxylic acids is 1. The SMILES string of the molecule is COc1nnc(COc2nc(-c3cc(F)c(Cc4nc5ccc(C(=O)O)cc5n4C4COCC4(C)C)cc3F)ccc2F)s1. The van der Waals surface area contributed by atoms with Gasteiger partial charge in [0, 0.05) is 17.4 Å². The molecule has 5 aromatic rings. The molecule has 4 heterocycles. The summed E-state index contributed by atoms with van der Waals surface area (Å²) in [4.78, 5) is 20.5. The first-order valence-corrected chi connectivity index (χ1v) is 14.3. The topological polar surface area (TPSA) is 121 Å². The quantitative estimate of drug-likeness (QED) is 0.215. The molecule has 1 aliphatic heterocycles. The van der Waals surface area contributed by atoms with Crippen LogP contribution in [0.25, 0.3) is 22.3 Å². The molecule has 10 nitrogen and oxygen atoms in total. The van der Waals surface area contributed by atoms with Gasteiger partial charge in [0.05, 0.1) is 48.7 Å². The van der Waals surface area contributed by atoms with Gasteiger partial charge in [0.1, 0.15) is 24.1 Å². The minimum absolute atomic E-state index is 0.0294. The Hall–Kier alpha value is -4.56. The fourth-order valence-corrected chi connectivity index (χ4v) is 5.77. The molecule has 6 rings (SSSR count). The predicted octanol–water partition coefficient (Wildman–Crippen LogP) is 5.84. The van der Waals surface area contributed by atoms with Crippen LogP contribution in [0.2, 0.25) is 0 Å². The van der Waals surface area contributed by atoms with Crippen molar-refractivity contribution in [2.75, 3.05) is 20.3 Å². The summed E-state index contributed by atoms with van der Waals surface area (Å²) in [5.74, 6) is -3.34. The Bertz CT molecular complexity index is 1890. The fraction of sp³-hybridized carbons (Fsp3) is 0.300. The van der Waals surface area contributed by atoms with Gasteiger partial charge in [0.2, 0.25) is 0 Å². The number of halogens is 3. The first kappa shape index (κ1) is 29.5. The third-order valence-corrected chi connectivity index (χ3v) is 8.36. The summed E-state index contributed by atoms with van der Waals surface area (Å²) >= 11 is 1.11. The summed E-state index contributed by atoms with van der Waals surface area (Å²) in [6.45, 7) is 4.72. The maximum Gasteiger partial charge on any atom is 0.335 e. The van der Waals surface area contributed by atoms with Gasteiger partial charge in [-0.1, -0.05) is 30.3 Å². The molecule has 0 spiro atoms. The van der Waals surface area contributed by atoms with Crippen LogP contribution < -0.4 is 9.47 Å². The van der Waals surface area contributed by atoms with Gasteiger partial charge in [-0.15, -0.1) is 5.10 Å². The highest BCUT2D eigenvalue weighted by atomic mass is 32.1. The van der Waals surface area contributed by atoms with Gasteiger partial charge in [0.15, 0.2) is 10.8 Å². The number of nitrogens with zero attached hydrogens (tertiary/aromatic N) is 5. The van der Waals surface area contributed by atoms with E-state index in [9.17, 15) is 14.3 Å². The normalized spacial score (nSPS) is 16.0. The van der Waals surface area contributed by atoms with Crippen LogP contribution in [0.1, 0.15) is 46.6 Å². The smallest absolute Gasteiger partial charge is 0.335 e. The molecule has 1 fully saturated rings. The Morgan fingerprint density at radius 2 is 1.91 bits per heavy atom. The molecule has 14 heteroatoms. The lowest BCUT2D eigenvalue weighted by atomic mass is 9.87. The van der Waals surface area contributed by atoms with Crippen molar-refractivity contribution >= 4 is 28.3 Å². The zero-order chi connectivity index (χ0) is 31.2. The molecule has 2 aromatic carbocycles. The number of imidazole rings is 1. The number of fused-ring (bicyclic) bond motifs is 1. The van der Waals surface area contributed by atoms with E-state index < -0.39 is 29.3 Å². The monoisotopic (exact) mass is 625 g/mol. The van der Waals surface area contributed by atoms with E-state index in [1.165, 1.54) is 25.3 Å². The molecule has 1 saturated heterocycles. The second-order valence-corrected chi connectivity index (χ2v) is 12.0. The molecular formula is C30H26F3N5O5S. The van der Waals surface area contributed by atoms with Gasteiger partial charge < -0.3 is 23.9 Å². The lowest BCUT2D eigenvalue weighted by Crippen LogP contribution is -2.27. The molecule has 0 aliphatic carbocycles. The summed E-state index contributed by atoms with van der Waals surface area (Å²) in [5.41, 5.74) is 0.668. The van der Waals surface area contributed by atoms with Crippen molar-refractivity contribution in [3.05, 3.63) is 81.9 Å². The van der Waals surface area contributed by atoms with Crippen LogP contribution in [0, 0.1) is 22.9 Å². The minimum atomic E-state index is -1.09. The van der Waals surface area contributed by atoms with Crippen molar-refractivity contribution in [2.24, 2.45) is 5.41 Å². The number of hydrogen-bond donors (Lipinski definition) is 1. The first-order valence-electron chi connectivity index (χ1n) is 13.5. The molecule has 0 bridgehead atoms. The lowest BCUT2D eigenvalue weighted by Gasteiger charge is -2.28. The molecule has 0 amide bonds. The molecular weight excluding hydrogens is 599 g/mol. The zero-order valence-corrected chi connectivity index (χ0v) is 24.6. The molecule has 1 unspecified atom stereocenters. The Morgan fingerprint density at radius 1 is 1.09 bits per heavy atom. The fourth-order valence-electron chi connectivity index (χ4n) is 5.20. The molecule has 0 saturated carbocycles. The Morgan fingerprint density at radius 3 is 2.61 bits per heavy atom. The largest absolute Gasteiger partial charge is 0.478 e. The Balaban J connectivity index is 1.33. The summed E-state index contributed by atoms with van der Waals surface area (Å²) < 4.78 is 63.6. The van der Waals surface area contributed by atoms with E-state index in [0.29, 0.717) is 40.3 Å². The van der Waals surface area contributed by atoms with Crippen molar-refractivity contribution in [3.63, 3.8) is 0 Å². The summed E-state index contributed by atoms with van der Waals surface area (Å²) in [6, 6.07) is 8.72. The van der Waals surface area contributed by atoms with E-state index >= 15 is 8.78 Å². The van der Waals surface area contributed by atoms with Crippen molar-refractivity contribution in [2.45, 2.75) is 32.9 Å². The molecule has 1 N–H and O–H groups in total. The summed E-state index contributed by atoms with van der Waals surface area (Å²) in [7, 11) is 1.44. The number of carboxylic acid groups (broad SMARTS) is 1. The number of ether oxygens (including phenoxy) is 3. The highest BCUT2D eigenvalue weighted by Gasteiger charge is 2.39. The van der Waals surface area contributed by atoms with Gasteiger partial charge in [-0.05, 0) is 48.0 Å². The number of hydrogen-bond acceptors (Lipinski definition) is 9. The average Bonchev–Trinajstić information content (AvgIpc) is 3.69. The van der Waals surface area contributed by atoms with E-state index in [4.69, 9.17) is 14.2 Å². The maximum absolute atomic E-state index is 15.6. The lowest BCUT2D eigenvalue weighted by molar-refractivity contribution is 0.0697. The molecule has 1 aliphatic rings. The van der Waals surface area contributed by atoms with E-state index in [2.05, 4.69) is 20.2 Å². The van der Waals surface area contributed by atoms with Gasteiger partial charge in [-0.25, -0.2) is 27.9 Å². The van der Waals surface area contributed by atoms with Crippen molar-refractivity contribution < 1.29 is 37.3 Å². The Labute approximate surface area is 253 Å². The van der Waals surface area contributed by atoms with Crippen LogP contribution in [0.3, 0.4) is 0 Å². The van der Waals surface area contributed by atoms with E-state index in [1.54, 1.807) is 6.07 Å². The van der Waals surface area contributed by atoms with Crippen LogP contribution >= 0.6 is 11.3 Å².